The summed E-state index contributed by atoms with van der Waals surface area (Å²) in [7, 11) is 0. The molecule has 0 saturated carbocycles. The lowest BCUT2D eigenvalue weighted by Crippen LogP contribution is -2.47. The van der Waals surface area contributed by atoms with Gasteiger partial charge in [0.2, 0.25) is 11.6 Å². The molecule has 32 heavy (non-hydrogen) atoms. The molecule has 11 nitrogen and oxygen atoms in total. The van der Waals surface area contributed by atoms with E-state index in [1.54, 1.807) is 29.2 Å². The fourth-order valence-corrected chi connectivity index (χ4v) is 3.37. The molecule has 12 heteroatoms. The molecule has 4 rings (SSSR count). The fourth-order valence-electron chi connectivity index (χ4n) is 3.37. The smallest absolute Gasteiger partial charge is 0.355 e. The van der Waals surface area contributed by atoms with E-state index in [-0.39, 0.29) is 28.7 Å². The average molecular weight is 438 g/mol. The van der Waals surface area contributed by atoms with Crippen LogP contribution in [0, 0.1) is 15.9 Å². The van der Waals surface area contributed by atoms with Crippen LogP contribution in [0.3, 0.4) is 0 Å². The molecule has 0 bridgehead atoms. The van der Waals surface area contributed by atoms with Crippen LogP contribution in [-0.4, -0.2) is 52.0 Å². The maximum absolute atomic E-state index is 13.2. The van der Waals surface area contributed by atoms with Gasteiger partial charge < -0.3 is 9.80 Å². The van der Waals surface area contributed by atoms with Gasteiger partial charge in [0.1, 0.15) is 12.1 Å². The molecular formula is C20H19FN8O3. The van der Waals surface area contributed by atoms with Crippen LogP contribution in [0.2, 0.25) is 0 Å². The SMILES string of the molecule is O=C(NNc1ncnc(N2CCN(c3ccc(F)cc3)CC2)c1[N+](=O)[O-])c1cccnc1. The van der Waals surface area contributed by atoms with Crippen molar-refractivity contribution in [3.05, 3.63) is 76.6 Å². The van der Waals surface area contributed by atoms with Gasteiger partial charge in [-0.3, -0.25) is 30.7 Å². The van der Waals surface area contributed by atoms with Crippen LogP contribution in [0.25, 0.3) is 0 Å². The number of hydrogen-bond acceptors (Lipinski definition) is 9. The van der Waals surface area contributed by atoms with Gasteiger partial charge in [0.05, 0.1) is 10.5 Å². The second-order valence-corrected chi connectivity index (χ2v) is 6.92. The zero-order valence-electron chi connectivity index (χ0n) is 16.8. The molecule has 1 aliphatic rings. The lowest BCUT2D eigenvalue weighted by Gasteiger charge is -2.36. The predicted molar refractivity (Wildman–Crippen MR) is 115 cm³/mol. The topological polar surface area (TPSA) is 129 Å². The molecular weight excluding hydrogens is 419 g/mol. The largest absolute Gasteiger partial charge is 0.368 e. The van der Waals surface area contributed by atoms with Crippen LogP contribution in [0.1, 0.15) is 10.4 Å². The molecule has 2 aromatic heterocycles. The molecule has 0 atom stereocenters. The second kappa shape index (κ2) is 9.20. The van der Waals surface area contributed by atoms with E-state index in [0.717, 1.165) is 5.69 Å². The van der Waals surface area contributed by atoms with Crippen molar-refractivity contribution in [3.63, 3.8) is 0 Å². The van der Waals surface area contributed by atoms with Crippen LogP contribution in [-0.2, 0) is 0 Å². The van der Waals surface area contributed by atoms with E-state index in [1.165, 1.54) is 30.9 Å². The van der Waals surface area contributed by atoms with E-state index in [1.807, 2.05) is 0 Å². The molecule has 0 radical (unpaired) electrons. The molecule has 3 aromatic rings. The number of hydrazine groups is 1. The van der Waals surface area contributed by atoms with Crippen molar-refractivity contribution in [3.8, 4) is 0 Å². The zero-order chi connectivity index (χ0) is 22.5. The van der Waals surface area contributed by atoms with Gasteiger partial charge in [-0.2, -0.15) is 0 Å². The standard InChI is InChI=1S/C20H19FN8O3/c21-15-3-5-16(6-4-15)27-8-10-28(11-9-27)19-17(29(31)32)18(23-13-24-19)25-26-20(30)14-2-1-7-22-12-14/h1-7,12-13H,8-11H2,(H,26,30)(H,23,24,25). The van der Waals surface area contributed by atoms with E-state index >= 15 is 0 Å². The van der Waals surface area contributed by atoms with Crippen molar-refractivity contribution in [1.29, 1.82) is 0 Å². The summed E-state index contributed by atoms with van der Waals surface area (Å²) in [6.07, 6.45) is 4.10. The lowest BCUT2D eigenvalue weighted by atomic mass is 10.2. The minimum atomic E-state index is -0.583. The first-order chi connectivity index (χ1) is 15.5. The molecule has 1 saturated heterocycles. The summed E-state index contributed by atoms with van der Waals surface area (Å²) >= 11 is 0. The van der Waals surface area contributed by atoms with E-state index < -0.39 is 10.8 Å². The number of carbonyl (C=O) groups is 1. The maximum atomic E-state index is 13.2. The van der Waals surface area contributed by atoms with Gasteiger partial charge >= 0.3 is 5.69 Å². The second-order valence-electron chi connectivity index (χ2n) is 6.92. The number of halogens is 1. The Morgan fingerprint density at radius 3 is 2.44 bits per heavy atom. The maximum Gasteiger partial charge on any atom is 0.355 e. The summed E-state index contributed by atoms with van der Waals surface area (Å²) in [5.74, 6) is -0.791. The Morgan fingerprint density at radius 1 is 1.06 bits per heavy atom. The van der Waals surface area contributed by atoms with Crippen molar-refractivity contribution in [2.24, 2.45) is 0 Å². The number of nitrogens with zero attached hydrogens (tertiary/aromatic N) is 6. The predicted octanol–water partition coefficient (Wildman–Crippen LogP) is 2.00. The van der Waals surface area contributed by atoms with E-state index in [9.17, 15) is 19.3 Å². The number of rotatable bonds is 6. The number of aromatic nitrogens is 3. The highest BCUT2D eigenvalue weighted by Crippen LogP contribution is 2.32. The van der Waals surface area contributed by atoms with Crippen molar-refractivity contribution in [1.82, 2.24) is 20.4 Å². The third kappa shape index (κ3) is 4.53. The fraction of sp³-hybridized carbons (Fsp3) is 0.200. The summed E-state index contributed by atoms with van der Waals surface area (Å²) in [6, 6.07) is 9.36. The first-order valence-corrected chi connectivity index (χ1v) is 9.74. The van der Waals surface area contributed by atoms with Crippen molar-refractivity contribution in [2.45, 2.75) is 0 Å². The van der Waals surface area contributed by atoms with Crippen LogP contribution >= 0.6 is 0 Å². The van der Waals surface area contributed by atoms with Crippen molar-refractivity contribution < 1.29 is 14.1 Å². The number of amides is 1. The highest BCUT2D eigenvalue weighted by molar-refractivity contribution is 5.94. The van der Waals surface area contributed by atoms with Crippen LogP contribution in [0.15, 0.2) is 55.1 Å². The van der Waals surface area contributed by atoms with Crippen LogP contribution in [0.4, 0.5) is 27.4 Å². The molecule has 164 valence electrons. The van der Waals surface area contributed by atoms with Gasteiger partial charge in [-0.05, 0) is 36.4 Å². The molecule has 0 aliphatic carbocycles. The number of hydrogen-bond donors (Lipinski definition) is 2. The Morgan fingerprint density at radius 2 is 1.78 bits per heavy atom. The van der Waals surface area contributed by atoms with E-state index in [0.29, 0.717) is 26.2 Å². The molecule has 1 aromatic carbocycles. The number of nitro groups is 1. The number of benzene rings is 1. The summed E-state index contributed by atoms with van der Waals surface area (Å²) in [4.78, 5) is 39.2. The Hall–Kier alpha value is -4.35. The molecule has 3 heterocycles. The molecule has 0 unspecified atom stereocenters. The first kappa shape index (κ1) is 20.9. The first-order valence-electron chi connectivity index (χ1n) is 9.74. The zero-order valence-corrected chi connectivity index (χ0v) is 16.8. The Balaban J connectivity index is 1.48. The third-order valence-corrected chi connectivity index (χ3v) is 4.97. The Bertz CT molecular complexity index is 1110. The summed E-state index contributed by atoms with van der Waals surface area (Å²) < 4.78 is 13.2. The van der Waals surface area contributed by atoms with E-state index in [4.69, 9.17) is 0 Å². The molecule has 0 spiro atoms. The van der Waals surface area contributed by atoms with Gasteiger partial charge in [0, 0.05) is 44.3 Å². The third-order valence-electron chi connectivity index (χ3n) is 4.97. The number of carbonyl (C=O) groups excluding carboxylic acids is 1. The lowest BCUT2D eigenvalue weighted by molar-refractivity contribution is -0.383. The Labute approximate surface area is 182 Å². The minimum Gasteiger partial charge on any atom is -0.368 e. The number of pyridine rings is 1. The molecule has 2 N–H and O–H groups in total. The van der Waals surface area contributed by atoms with Crippen LogP contribution < -0.4 is 20.7 Å². The van der Waals surface area contributed by atoms with Gasteiger partial charge in [-0.1, -0.05) is 0 Å². The average Bonchev–Trinajstić information content (AvgIpc) is 2.83. The molecule has 1 aliphatic heterocycles. The van der Waals surface area contributed by atoms with Crippen LogP contribution in [0.5, 0.6) is 0 Å². The number of piperazine rings is 1. The van der Waals surface area contributed by atoms with Gasteiger partial charge in [-0.15, -0.1) is 0 Å². The molecule has 1 amide bonds. The molecule has 1 fully saturated rings. The van der Waals surface area contributed by atoms with Crippen molar-refractivity contribution in [2.75, 3.05) is 41.4 Å². The highest BCUT2D eigenvalue weighted by Gasteiger charge is 2.29. The van der Waals surface area contributed by atoms with Gasteiger partial charge in [0.15, 0.2) is 0 Å². The minimum absolute atomic E-state index is 0.127. The van der Waals surface area contributed by atoms with Gasteiger partial charge in [-0.25, -0.2) is 14.4 Å². The van der Waals surface area contributed by atoms with Crippen molar-refractivity contribution >= 4 is 28.9 Å². The van der Waals surface area contributed by atoms with Gasteiger partial charge in [0.25, 0.3) is 5.91 Å². The number of nitrogens with one attached hydrogen (secondary N) is 2. The monoisotopic (exact) mass is 438 g/mol. The summed E-state index contributed by atoms with van der Waals surface area (Å²) in [6.45, 7) is 2.09. The number of anilines is 3. The van der Waals surface area contributed by atoms with E-state index in [2.05, 4.69) is 30.7 Å². The highest BCUT2D eigenvalue weighted by atomic mass is 19.1. The normalized spacial score (nSPS) is 13.5. The summed E-state index contributed by atoms with van der Waals surface area (Å²) in [5.41, 5.74) is 5.74. The summed E-state index contributed by atoms with van der Waals surface area (Å²) in [5, 5.41) is 11.8. The Kier molecular flexibility index (Phi) is 6.01. The quantitative estimate of drug-likeness (QED) is 0.438.